The van der Waals surface area contributed by atoms with Gasteiger partial charge in [0.1, 0.15) is 11.8 Å². The number of carbonyl (C=O) groups is 2. The van der Waals surface area contributed by atoms with Crippen LogP contribution < -0.4 is 11.1 Å². The molecule has 1 saturated heterocycles. The van der Waals surface area contributed by atoms with E-state index in [0.717, 1.165) is 12.8 Å². The zero-order valence-corrected chi connectivity index (χ0v) is 9.25. The Kier molecular flexibility index (Phi) is 3.16. The van der Waals surface area contributed by atoms with Crippen molar-refractivity contribution in [2.75, 3.05) is 11.9 Å². The third-order valence-corrected chi connectivity index (χ3v) is 2.97. The van der Waals surface area contributed by atoms with Crippen LogP contribution in [-0.4, -0.2) is 29.5 Å². The van der Waals surface area contributed by atoms with E-state index in [1.165, 1.54) is 16.7 Å². The first kappa shape index (κ1) is 11.0. The van der Waals surface area contributed by atoms with Gasteiger partial charge in [0.15, 0.2) is 5.13 Å². The second-order valence-corrected chi connectivity index (χ2v) is 4.25. The fourth-order valence-electron chi connectivity index (χ4n) is 1.41. The van der Waals surface area contributed by atoms with Crippen LogP contribution in [0.2, 0.25) is 0 Å². The number of amides is 2. The highest BCUT2D eigenvalue weighted by Crippen LogP contribution is 2.18. The molecule has 0 unspecified atom stereocenters. The van der Waals surface area contributed by atoms with Crippen molar-refractivity contribution in [3.05, 3.63) is 11.1 Å². The highest BCUT2D eigenvalue weighted by Gasteiger charge is 2.24. The van der Waals surface area contributed by atoms with Gasteiger partial charge in [-0.3, -0.25) is 14.9 Å². The Balaban J connectivity index is 1.97. The molecule has 0 bridgehead atoms. The number of primary amides is 1. The molecule has 16 heavy (non-hydrogen) atoms. The standard InChI is InChI=1S/C9H11N3O3S/c10-7(13)5-4-16-9(11-5)12-8(14)6-2-1-3-15-6/h4,6H,1-3H2,(H2,10,13)(H,11,12,14)/t6-/m1/s1. The lowest BCUT2D eigenvalue weighted by molar-refractivity contribution is -0.124. The van der Waals surface area contributed by atoms with Gasteiger partial charge in [-0.2, -0.15) is 0 Å². The maximum absolute atomic E-state index is 11.6. The first-order valence-corrected chi connectivity index (χ1v) is 5.72. The lowest BCUT2D eigenvalue weighted by Gasteiger charge is -2.07. The molecule has 86 valence electrons. The summed E-state index contributed by atoms with van der Waals surface area (Å²) in [5, 5.41) is 4.47. The number of rotatable bonds is 3. The van der Waals surface area contributed by atoms with Gasteiger partial charge in [0.25, 0.3) is 11.8 Å². The Morgan fingerprint density at radius 3 is 3.00 bits per heavy atom. The second-order valence-electron chi connectivity index (χ2n) is 3.39. The molecule has 0 aliphatic carbocycles. The summed E-state index contributed by atoms with van der Waals surface area (Å²) in [4.78, 5) is 26.3. The molecular weight excluding hydrogens is 230 g/mol. The Hall–Kier alpha value is -1.47. The summed E-state index contributed by atoms with van der Waals surface area (Å²) in [6.45, 7) is 0.614. The van der Waals surface area contributed by atoms with Crippen LogP contribution in [-0.2, 0) is 9.53 Å². The molecule has 3 N–H and O–H groups in total. The maximum Gasteiger partial charge on any atom is 0.268 e. The number of anilines is 1. The molecule has 0 saturated carbocycles. The number of nitrogens with one attached hydrogen (secondary N) is 1. The Bertz CT molecular complexity index is 412. The number of thiazole rings is 1. The normalized spacial score (nSPS) is 19.6. The average molecular weight is 241 g/mol. The van der Waals surface area contributed by atoms with Gasteiger partial charge in [-0.05, 0) is 12.8 Å². The van der Waals surface area contributed by atoms with Crippen molar-refractivity contribution in [2.24, 2.45) is 5.73 Å². The fourth-order valence-corrected chi connectivity index (χ4v) is 2.12. The third kappa shape index (κ3) is 2.37. The van der Waals surface area contributed by atoms with Crippen LogP contribution in [0.4, 0.5) is 5.13 Å². The highest BCUT2D eigenvalue weighted by molar-refractivity contribution is 7.14. The lowest BCUT2D eigenvalue weighted by Crippen LogP contribution is -2.26. The van der Waals surface area contributed by atoms with E-state index < -0.39 is 12.0 Å². The van der Waals surface area contributed by atoms with Crippen LogP contribution in [0.15, 0.2) is 5.38 Å². The molecule has 1 aromatic heterocycles. The molecule has 0 aromatic carbocycles. The minimum absolute atomic E-state index is 0.160. The van der Waals surface area contributed by atoms with Crippen molar-refractivity contribution in [1.29, 1.82) is 0 Å². The van der Waals surface area contributed by atoms with Crippen molar-refractivity contribution in [1.82, 2.24) is 4.98 Å². The summed E-state index contributed by atoms with van der Waals surface area (Å²) >= 11 is 1.17. The van der Waals surface area contributed by atoms with Gasteiger partial charge in [-0.1, -0.05) is 0 Å². The van der Waals surface area contributed by atoms with Crippen molar-refractivity contribution < 1.29 is 14.3 Å². The number of hydrogen-bond acceptors (Lipinski definition) is 5. The summed E-state index contributed by atoms with van der Waals surface area (Å²) < 4.78 is 5.21. The van der Waals surface area contributed by atoms with Gasteiger partial charge in [-0.15, -0.1) is 11.3 Å². The Morgan fingerprint density at radius 2 is 2.44 bits per heavy atom. The molecule has 7 heteroatoms. The predicted molar refractivity (Wildman–Crippen MR) is 58.2 cm³/mol. The number of aromatic nitrogens is 1. The quantitative estimate of drug-likeness (QED) is 0.798. The smallest absolute Gasteiger partial charge is 0.268 e. The van der Waals surface area contributed by atoms with E-state index in [2.05, 4.69) is 10.3 Å². The molecule has 2 amide bonds. The van der Waals surface area contributed by atoms with E-state index in [0.29, 0.717) is 11.7 Å². The van der Waals surface area contributed by atoms with Crippen molar-refractivity contribution in [3.8, 4) is 0 Å². The van der Waals surface area contributed by atoms with Crippen molar-refractivity contribution in [3.63, 3.8) is 0 Å². The SMILES string of the molecule is NC(=O)c1csc(NC(=O)[C@H]2CCCO2)n1. The number of hydrogen-bond donors (Lipinski definition) is 2. The van der Waals surface area contributed by atoms with Crippen LogP contribution in [0, 0.1) is 0 Å². The molecule has 1 aliphatic rings. The predicted octanol–water partition coefficient (Wildman–Crippen LogP) is 0.359. The topological polar surface area (TPSA) is 94.3 Å². The molecule has 1 fully saturated rings. The Labute approximate surface area is 95.8 Å². The van der Waals surface area contributed by atoms with Crippen LogP contribution in [0.25, 0.3) is 0 Å². The van der Waals surface area contributed by atoms with Gasteiger partial charge in [0.2, 0.25) is 0 Å². The summed E-state index contributed by atoms with van der Waals surface area (Å²) in [6.07, 6.45) is 1.21. The zero-order valence-electron chi connectivity index (χ0n) is 8.43. The molecule has 0 radical (unpaired) electrons. The largest absolute Gasteiger partial charge is 0.368 e. The van der Waals surface area contributed by atoms with E-state index in [1.54, 1.807) is 0 Å². The fraction of sp³-hybridized carbons (Fsp3) is 0.444. The van der Waals surface area contributed by atoms with Gasteiger partial charge in [0, 0.05) is 12.0 Å². The minimum atomic E-state index is -0.603. The van der Waals surface area contributed by atoms with Crippen LogP contribution in [0.1, 0.15) is 23.3 Å². The monoisotopic (exact) mass is 241 g/mol. The first-order chi connectivity index (χ1) is 7.66. The highest BCUT2D eigenvalue weighted by atomic mass is 32.1. The molecule has 2 heterocycles. The van der Waals surface area contributed by atoms with E-state index in [9.17, 15) is 9.59 Å². The summed E-state index contributed by atoms with van der Waals surface area (Å²) in [5.74, 6) is -0.822. The van der Waals surface area contributed by atoms with Gasteiger partial charge >= 0.3 is 0 Å². The molecule has 0 spiro atoms. The molecule has 1 aromatic rings. The molecule has 6 nitrogen and oxygen atoms in total. The number of nitrogens with zero attached hydrogens (tertiary/aromatic N) is 1. The van der Waals surface area contributed by atoms with Crippen LogP contribution in [0.3, 0.4) is 0 Å². The third-order valence-electron chi connectivity index (χ3n) is 2.21. The van der Waals surface area contributed by atoms with Gasteiger partial charge < -0.3 is 10.5 Å². The molecule has 2 rings (SSSR count). The number of carbonyl (C=O) groups excluding carboxylic acids is 2. The summed E-state index contributed by atoms with van der Waals surface area (Å²) in [7, 11) is 0. The maximum atomic E-state index is 11.6. The van der Waals surface area contributed by atoms with Gasteiger partial charge in [0.05, 0.1) is 0 Å². The molecule has 1 atom stereocenters. The second kappa shape index (κ2) is 4.58. The van der Waals surface area contributed by atoms with E-state index in [4.69, 9.17) is 10.5 Å². The van der Waals surface area contributed by atoms with Crippen LogP contribution in [0.5, 0.6) is 0 Å². The molecular formula is C9H11N3O3S. The van der Waals surface area contributed by atoms with E-state index >= 15 is 0 Å². The average Bonchev–Trinajstić information content (AvgIpc) is 2.87. The number of nitrogens with two attached hydrogens (primary N) is 1. The zero-order chi connectivity index (χ0) is 11.5. The van der Waals surface area contributed by atoms with Crippen molar-refractivity contribution >= 4 is 28.3 Å². The van der Waals surface area contributed by atoms with E-state index in [-0.39, 0.29) is 11.6 Å². The summed E-state index contributed by atoms with van der Waals surface area (Å²) in [5.41, 5.74) is 5.21. The molecule has 1 aliphatic heterocycles. The Morgan fingerprint density at radius 1 is 1.62 bits per heavy atom. The minimum Gasteiger partial charge on any atom is -0.368 e. The van der Waals surface area contributed by atoms with Gasteiger partial charge in [-0.25, -0.2) is 4.98 Å². The van der Waals surface area contributed by atoms with Crippen molar-refractivity contribution in [2.45, 2.75) is 18.9 Å². The summed E-state index contributed by atoms with van der Waals surface area (Å²) in [6, 6.07) is 0. The van der Waals surface area contributed by atoms with E-state index in [1.807, 2.05) is 0 Å². The lowest BCUT2D eigenvalue weighted by atomic mass is 10.2. The first-order valence-electron chi connectivity index (χ1n) is 4.84. The van der Waals surface area contributed by atoms with Crippen LogP contribution >= 0.6 is 11.3 Å². The number of ether oxygens (including phenoxy) is 1.